The van der Waals surface area contributed by atoms with Gasteiger partial charge in [-0.15, -0.1) is 0 Å². The number of thiocarbonyl (C=S) groups is 1. The van der Waals surface area contributed by atoms with Crippen LogP contribution in [-0.2, 0) is 4.79 Å². The fraction of sp³-hybridized carbons (Fsp3) is 0.385. The Bertz CT molecular complexity index is 519. The highest BCUT2D eigenvalue weighted by molar-refractivity contribution is 7.80. The summed E-state index contributed by atoms with van der Waals surface area (Å²) in [7, 11) is 3.17. The summed E-state index contributed by atoms with van der Waals surface area (Å²) in [6.07, 6.45) is 0. The molecule has 0 radical (unpaired) electrons. The third-order valence-corrected chi connectivity index (χ3v) is 3.38. The minimum absolute atomic E-state index is 0.0401. The molecule has 1 aliphatic heterocycles. The molecule has 1 atom stereocenters. The van der Waals surface area contributed by atoms with E-state index in [0.29, 0.717) is 23.2 Å². The van der Waals surface area contributed by atoms with Crippen LogP contribution in [0.15, 0.2) is 18.2 Å². The molecule has 1 saturated heterocycles. The van der Waals surface area contributed by atoms with Crippen molar-refractivity contribution in [3.8, 4) is 11.5 Å². The van der Waals surface area contributed by atoms with Crippen molar-refractivity contribution in [3.05, 3.63) is 18.2 Å². The van der Waals surface area contributed by atoms with Crippen LogP contribution in [0.4, 0.5) is 5.69 Å². The number of amides is 1. The number of nitrogens with one attached hydrogen (secondary N) is 1. The van der Waals surface area contributed by atoms with Crippen molar-refractivity contribution in [1.29, 1.82) is 0 Å². The first kappa shape index (κ1) is 13.6. The summed E-state index contributed by atoms with van der Waals surface area (Å²) < 4.78 is 10.5. The van der Waals surface area contributed by atoms with Crippen LogP contribution in [-0.4, -0.2) is 31.8 Å². The zero-order valence-corrected chi connectivity index (χ0v) is 11.9. The lowest BCUT2D eigenvalue weighted by molar-refractivity contribution is -0.123. The Kier molecular flexibility index (Phi) is 3.90. The number of nitrogens with zero attached hydrogens (tertiary/aromatic N) is 1. The molecule has 0 aromatic heterocycles. The maximum Gasteiger partial charge on any atom is 0.230 e. The molecule has 2 rings (SSSR count). The fourth-order valence-electron chi connectivity index (χ4n) is 1.95. The highest BCUT2D eigenvalue weighted by Gasteiger charge is 2.27. The van der Waals surface area contributed by atoms with Gasteiger partial charge in [0.15, 0.2) is 16.6 Å². The fourth-order valence-corrected chi connectivity index (χ4v) is 2.23. The second kappa shape index (κ2) is 5.44. The van der Waals surface area contributed by atoms with E-state index in [-0.39, 0.29) is 11.8 Å². The summed E-state index contributed by atoms with van der Waals surface area (Å²) in [6, 6.07) is 5.55. The smallest absolute Gasteiger partial charge is 0.230 e. The van der Waals surface area contributed by atoms with Crippen molar-refractivity contribution in [2.75, 3.05) is 25.7 Å². The van der Waals surface area contributed by atoms with Crippen LogP contribution in [0.3, 0.4) is 0 Å². The molecule has 1 fully saturated rings. The monoisotopic (exact) mass is 280 g/mol. The lowest BCUT2D eigenvalue weighted by Gasteiger charge is -2.33. The van der Waals surface area contributed by atoms with E-state index in [2.05, 4.69) is 5.32 Å². The van der Waals surface area contributed by atoms with Crippen LogP contribution in [0.1, 0.15) is 6.92 Å². The Hall–Kier alpha value is -1.82. The minimum atomic E-state index is -0.111. The summed E-state index contributed by atoms with van der Waals surface area (Å²) >= 11 is 5.20. The van der Waals surface area contributed by atoms with E-state index in [1.165, 1.54) is 0 Å². The van der Waals surface area contributed by atoms with E-state index in [1.54, 1.807) is 14.2 Å². The molecule has 1 N–H and O–H groups in total. The first-order valence-electron chi connectivity index (χ1n) is 5.91. The van der Waals surface area contributed by atoms with Gasteiger partial charge in [0.2, 0.25) is 5.91 Å². The molecule has 6 heteroatoms. The summed E-state index contributed by atoms with van der Waals surface area (Å²) in [6.45, 7) is 2.42. The van der Waals surface area contributed by atoms with Gasteiger partial charge in [0, 0.05) is 18.3 Å². The second-order valence-electron chi connectivity index (χ2n) is 4.35. The van der Waals surface area contributed by atoms with Gasteiger partial charge < -0.3 is 19.7 Å². The maximum atomic E-state index is 11.5. The van der Waals surface area contributed by atoms with Crippen LogP contribution >= 0.6 is 12.2 Å². The van der Waals surface area contributed by atoms with Crippen LogP contribution in [0.2, 0.25) is 0 Å². The zero-order valence-electron chi connectivity index (χ0n) is 11.1. The van der Waals surface area contributed by atoms with E-state index in [0.717, 1.165) is 5.69 Å². The largest absolute Gasteiger partial charge is 0.493 e. The molecule has 5 nitrogen and oxygen atoms in total. The lowest BCUT2D eigenvalue weighted by Crippen LogP contribution is -2.53. The Balaban J connectivity index is 2.31. The van der Waals surface area contributed by atoms with E-state index in [9.17, 15) is 4.79 Å². The highest BCUT2D eigenvalue weighted by atomic mass is 32.1. The third-order valence-electron chi connectivity index (χ3n) is 3.06. The predicted molar refractivity (Wildman–Crippen MR) is 76.8 cm³/mol. The van der Waals surface area contributed by atoms with Crippen molar-refractivity contribution in [1.82, 2.24) is 5.32 Å². The molecule has 0 aliphatic carbocycles. The van der Waals surface area contributed by atoms with Gasteiger partial charge in [-0.1, -0.05) is 6.92 Å². The van der Waals surface area contributed by atoms with Gasteiger partial charge in [-0.2, -0.15) is 0 Å². The number of benzene rings is 1. The molecule has 0 bridgehead atoms. The molecule has 1 aromatic carbocycles. The Morgan fingerprint density at radius 2 is 2.00 bits per heavy atom. The topological polar surface area (TPSA) is 50.8 Å². The van der Waals surface area contributed by atoms with E-state index >= 15 is 0 Å². The van der Waals surface area contributed by atoms with Crippen molar-refractivity contribution in [3.63, 3.8) is 0 Å². The van der Waals surface area contributed by atoms with Gasteiger partial charge in [-0.05, 0) is 24.4 Å². The van der Waals surface area contributed by atoms with Crippen LogP contribution in [0, 0.1) is 5.92 Å². The quantitative estimate of drug-likeness (QED) is 0.852. The third kappa shape index (κ3) is 2.63. The van der Waals surface area contributed by atoms with Crippen molar-refractivity contribution in [2.45, 2.75) is 6.92 Å². The van der Waals surface area contributed by atoms with Crippen LogP contribution in [0.25, 0.3) is 0 Å². The molecule has 1 aromatic rings. The van der Waals surface area contributed by atoms with E-state index in [4.69, 9.17) is 21.7 Å². The van der Waals surface area contributed by atoms with Crippen molar-refractivity contribution < 1.29 is 14.3 Å². The molecule has 19 heavy (non-hydrogen) atoms. The van der Waals surface area contributed by atoms with Gasteiger partial charge in [-0.3, -0.25) is 4.79 Å². The van der Waals surface area contributed by atoms with Gasteiger partial charge in [-0.25, -0.2) is 0 Å². The normalized spacial score (nSPS) is 19.1. The molecule has 1 amide bonds. The van der Waals surface area contributed by atoms with Gasteiger partial charge >= 0.3 is 0 Å². The van der Waals surface area contributed by atoms with E-state index in [1.807, 2.05) is 30.0 Å². The first-order valence-corrected chi connectivity index (χ1v) is 6.32. The number of hydrogen-bond donors (Lipinski definition) is 1. The zero-order chi connectivity index (χ0) is 14.0. The molecule has 1 aliphatic rings. The second-order valence-corrected chi connectivity index (χ2v) is 4.73. The summed E-state index contributed by atoms with van der Waals surface area (Å²) in [5.74, 6) is 1.14. The lowest BCUT2D eigenvalue weighted by atomic mass is 10.1. The number of rotatable bonds is 3. The number of ether oxygens (including phenoxy) is 2. The number of hydrogen-bond acceptors (Lipinski definition) is 4. The number of carbonyl (C=O) groups is 1. The van der Waals surface area contributed by atoms with E-state index < -0.39 is 0 Å². The maximum absolute atomic E-state index is 11.5. The average molecular weight is 280 g/mol. The molecular weight excluding hydrogens is 264 g/mol. The Labute approximate surface area is 117 Å². The van der Waals surface area contributed by atoms with Crippen LogP contribution in [0.5, 0.6) is 11.5 Å². The van der Waals surface area contributed by atoms with Gasteiger partial charge in [0.25, 0.3) is 0 Å². The predicted octanol–water partition coefficient (Wildman–Crippen LogP) is 1.56. The number of anilines is 1. The number of carbonyl (C=O) groups excluding carboxylic acids is 1. The highest BCUT2D eigenvalue weighted by Crippen LogP contribution is 2.32. The molecule has 0 spiro atoms. The Morgan fingerprint density at radius 3 is 2.63 bits per heavy atom. The molecule has 1 unspecified atom stereocenters. The van der Waals surface area contributed by atoms with Crippen LogP contribution < -0.4 is 19.7 Å². The summed E-state index contributed by atoms with van der Waals surface area (Å²) in [4.78, 5) is 13.4. The SMILES string of the molecule is COc1ccc(N2CC(C)C(=O)NC2=S)cc1OC. The van der Waals surface area contributed by atoms with Crippen molar-refractivity contribution >= 4 is 28.9 Å². The van der Waals surface area contributed by atoms with Gasteiger partial charge in [0.05, 0.1) is 20.1 Å². The Morgan fingerprint density at radius 1 is 1.32 bits per heavy atom. The van der Waals surface area contributed by atoms with Crippen molar-refractivity contribution in [2.24, 2.45) is 5.92 Å². The average Bonchev–Trinajstić information content (AvgIpc) is 2.42. The molecule has 102 valence electrons. The minimum Gasteiger partial charge on any atom is -0.493 e. The molecule has 0 saturated carbocycles. The summed E-state index contributed by atoms with van der Waals surface area (Å²) in [5, 5.41) is 3.10. The molecular formula is C13H16N2O3S. The molecule has 1 heterocycles. The first-order chi connectivity index (χ1) is 9.06. The number of methoxy groups -OCH3 is 2. The summed E-state index contributed by atoms with van der Waals surface area (Å²) in [5.41, 5.74) is 0.870. The van der Waals surface area contributed by atoms with Gasteiger partial charge in [0.1, 0.15) is 0 Å². The standard InChI is InChI=1S/C13H16N2O3S/c1-8-7-15(13(19)14-12(8)16)9-4-5-10(17-2)11(6-9)18-3/h4-6,8H,7H2,1-3H3,(H,14,16,19).